The highest BCUT2D eigenvalue weighted by atomic mass is 35.5. The van der Waals surface area contributed by atoms with Crippen molar-refractivity contribution in [3.05, 3.63) is 22.2 Å². The van der Waals surface area contributed by atoms with Gasteiger partial charge >= 0.3 is 0 Å². The topological polar surface area (TPSA) is 92.5 Å². The van der Waals surface area contributed by atoms with Crippen molar-refractivity contribution in [2.24, 2.45) is 0 Å². The first-order valence-electron chi connectivity index (χ1n) is 6.22. The molecule has 0 saturated heterocycles. The second-order valence-corrected chi connectivity index (χ2v) is 7.71. The van der Waals surface area contributed by atoms with Gasteiger partial charge in [-0.1, -0.05) is 23.2 Å². The largest absolute Gasteiger partial charge is 0.399 e. The van der Waals surface area contributed by atoms with Gasteiger partial charge in [0.2, 0.25) is 15.9 Å². The molecule has 0 atom stereocenters. The van der Waals surface area contributed by atoms with Crippen molar-refractivity contribution in [2.75, 3.05) is 19.3 Å². The van der Waals surface area contributed by atoms with Crippen molar-refractivity contribution in [3.8, 4) is 0 Å². The summed E-state index contributed by atoms with van der Waals surface area (Å²) in [6, 6.07) is 2.77. The van der Waals surface area contributed by atoms with E-state index >= 15 is 0 Å². The summed E-state index contributed by atoms with van der Waals surface area (Å²) in [5.74, 6) is -0.355. The molecule has 0 heterocycles. The molecular weight excluding hydrogens is 337 g/mol. The molecule has 0 aliphatic heterocycles. The molecule has 0 bridgehead atoms. The molecular formula is C12H15Cl2N3O3S. The Balaban J connectivity index is 2.22. The summed E-state index contributed by atoms with van der Waals surface area (Å²) >= 11 is 11.8. The van der Waals surface area contributed by atoms with Crippen LogP contribution in [0.2, 0.25) is 10.0 Å². The van der Waals surface area contributed by atoms with Crippen LogP contribution >= 0.6 is 23.2 Å². The Kier molecular flexibility index (Phi) is 4.67. The molecule has 2 rings (SSSR count). The number of nitrogens with zero attached hydrogens (tertiary/aromatic N) is 1. The Morgan fingerprint density at radius 1 is 1.38 bits per heavy atom. The van der Waals surface area contributed by atoms with E-state index < -0.39 is 10.0 Å². The van der Waals surface area contributed by atoms with E-state index in [1.54, 1.807) is 0 Å². The van der Waals surface area contributed by atoms with E-state index in [1.165, 1.54) is 19.2 Å². The van der Waals surface area contributed by atoms with Crippen LogP contribution in [0.1, 0.15) is 12.8 Å². The molecule has 9 heteroatoms. The molecule has 1 aliphatic rings. The molecule has 21 heavy (non-hydrogen) atoms. The number of carbonyl (C=O) groups is 1. The van der Waals surface area contributed by atoms with Gasteiger partial charge in [0.05, 0.1) is 16.6 Å². The molecule has 0 radical (unpaired) electrons. The number of sulfonamides is 1. The van der Waals surface area contributed by atoms with Crippen LogP contribution in [0, 0.1) is 0 Å². The highest BCUT2D eigenvalue weighted by Gasteiger charge is 2.30. The quantitative estimate of drug-likeness (QED) is 0.785. The van der Waals surface area contributed by atoms with E-state index in [0.717, 1.165) is 17.1 Å². The average molecular weight is 352 g/mol. The fourth-order valence-corrected chi connectivity index (χ4v) is 4.07. The first-order chi connectivity index (χ1) is 9.71. The maximum absolute atomic E-state index is 12.5. The van der Waals surface area contributed by atoms with Crippen LogP contribution in [-0.4, -0.2) is 38.3 Å². The molecule has 1 fully saturated rings. The molecule has 1 aliphatic carbocycles. The Labute approximate surface area is 133 Å². The van der Waals surface area contributed by atoms with Crippen molar-refractivity contribution in [1.82, 2.24) is 9.62 Å². The lowest BCUT2D eigenvalue weighted by molar-refractivity contribution is -0.121. The maximum atomic E-state index is 12.5. The summed E-state index contributed by atoms with van der Waals surface area (Å²) in [6.07, 6.45) is 1.86. The van der Waals surface area contributed by atoms with E-state index in [1.807, 2.05) is 0 Å². The number of hydrogen-bond acceptors (Lipinski definition) is 4. The number of anilines is 1. The monoisotopic (exact) mass is 351 g/mol. The molecule has 116 valence electrons. The van der Waals surface area contributed by atoms with Gasteiger partial charge in [0.15, 0.2) is 0 Å². The van der Waals surface area contributed by atoms with Crippen LogP contribution in [0.5, 0.6) is 0 Å². The molecule has 1 aromatic carbocycles. The predicted octanol–water partition coefficient (Wildman–Crippen LogP) is 1.47. The number of hydrogen-bond donors (Lipinski definition) is 2. The standard InChI is InChI=1S/C12H15Cl2N3O3S/c1-17(6-11(18)16-8-2-3-8)21(19,20)12-9(13)4-7(15)5-10(12)14/h4-5,8H,2-3,6,15H2,1H3,(H,16,18). The number of nitrogens with one attached hydrogen (secondary N) is 1. The summed E-state index contributed by atoms with van der Waals surface area (Å²) in [5, 5.41) is 2.57. The van der Waals surface area contributed by atoms with Crippen LogP contribution in [0.4, 0.5) is 5.69 Å². The fourth-order valence-electron chi connectivity index (χ4n) is 1.77. The fraction of sp³-hybridized carbons (Fsp3) is 0.417. The Morgan fingerprint density at radius 2 is 1.90 bits per heavy atom. The van der Waals surface area contributed by atoms with Crippen LogP contribution < -0.4 is 11.1 Å². The van der Waals surface area contributed by atoms with E-state index in [4.69, 9.17) is 28.9 Å². The van der Waals surface area contributed by atoms with Crippen molar-refractivity contribution < 1.29 is 13.2 Å². The van der Waals surface area contributed by atoms with Gasteiger partial charge in [-0.05, 0) is 25.0 Å². The number of likely N-dealkylation sites (N-methyl/N-ethyl adjacent to an activating group) is 1. The van der Waals surface area contributed by atoms with Crippen molar-refractivity contribution in [2.45, 2.75) is 23.8 Å². The van der Waals surface area contributed by atoms with Gasteiger partial charge < -0.3 is 11.1 Å². The minimum absolute atomic E-state index is 0.0746. The maximum Gasteiger partial charge on any atom is 0.246 e. The molecule has 0 spiro atoms. The van der Waals surface area contributed by atoms with Gasteiger partial charge in [0.1, 0.15) is 4.90 Å². The number of benzene rings is 1. The van der Waals surface area contributed by atoms with Gasteiger partial charge in [-0.15, -0.1) is 0 Å². The van der Waals surface area contributed by atoms with Gasteiger partial charge in [-0.25, -0.2) is 8.42 Å². The van der Waals surface area contributed by atoms with E-state index in [-0.39, 0.29) is 39.1 Å². The average Bonchev–Trinajstić information content (AvgIpc) is 3.10. The third-order valence-corrected chi connectivity index (χ3v) is 5.72. The lowest BCUT2D eigenvalue weighted by Gasteiger charge is -2.18. The lowest BCUT2D eigenvalue weighted by Crippen LogP contribution is -2.39. The summed E-state index contributed by atoms with van der Waals surface area (Å²) in [7, 11) is -2.68. The van der Waals surface area contributed by atoms with E-state index in [0.29, 0.717) is 0 Å². The molecule has 0 unspecified atom stereocenters. The second-order valence-electron chi connectivity index (χ2n) is 4.92. The molecule has 6 nitrogen and oxygen atoms in total. The number of halogens is 2. The van der Waals surface area contributed by atoms with Crippen LogP contribution in [0.3, 0.4) is 0 Å². The normalized spacial score (nSPS) is 15.2. The van der Waals surface area contributed by atoms with Gasteiger partial charge in [0, 0.05) is 18.8 Å². The summed E-state index contributed by atoms with van der Waals surface area (Å²) in [4.78, 5) is 11.5. The summed E-state index contributed by atoms with van der Waals surface area (Å²) < 4.78 is 25.8. The SMILES string of the molecule is CN(CC(=O)NC1CC1)S(=O)(=O)c1c(Cl)cc(N)cc1Cl. The number of rotatable bonds is 5. The van der Waals surface area contributed by atoms with Gasteiger partial charge in [-0.2, -0.15) is 4.31 Å². The van der Waals surface area contributed by atoms with E-state index in [9.17, 15) is 13.2 Å². The van der Waals surface area contributed by atoms with Crippen LogP contribution in [0.25, 0.3) is 0 Å². The van der Waals surface area contributed by atoms with Crippen molar-refractivity contribution in [1.29, 1.82) is 0 Å². The number of carbonyl (C=O) groups excluding carboxylic acids is 1. The molecule has 1 saturated carbocycles. The number of nitrogens with two attached hydrogens (primary N) is 1. The highest BCUT2D eigenvalue weighted by Crippen LogP contribution is 2.33. The summed E-state index contributed by atoms with van der Waals surface area (Å²) in [6.45, 7) is -0.296. The lowest BCUT2D eigenvalue weighted by atomic mass is 10.3. The second kappa shape index (κ2) is 6.00. The number of amides is 1. The predicted molar refractivity (Wildman–Crippen MR) is 81.9 cm³/mol. The smallest absolute Gasteiger partial charge is 0.246 e. The zero-order chi connectivity index (χ0) is 15.8. The summed E-state index contributed by atoms with van der Waals surface area (Å²) in [5.41, 5.74) is 5.81. The molecule has 1 aromatic rings. The van der Waals surface area contributed by atoms with Crippen molar-refractivity contribution in [3.63, 3.8) is 0 Å². The highest BCUT2D eigenvalue weighted by molar-refractivity contribution is 7.89. The zero-order valence-electron chi connectivity index (χ0n) is 11.3. The van der Waals surface area contributed by atoms with Gasteiger partial charge in [-0.3, -0.25) is 4.79 Å². The Morgan fingerprint density at radius 3 is 2.38 bits per heavy atom. The van der Waals surface area contributed by atoms with Crippen LogP contribution in [-0.2, 0) is 14.8 Å². The first-order valence-corrected chi connectivity index (χ1v) is 8.41. The molecule has 0 aromatic heterocycles. The number of nitrogen functional groups attached to an aromatic ring is 1. The molecule has 3 N–H and O–H groups in total. The van der Waals surface area contributed by atoms with Gasteiger partial charge in [0.25, 0.3) is 0 Å². The molecule has 1 amide bonds. The Bertz CT molecular complexity index is 651. The third kappa shape index (κ3) is 3.79. The van der Waals surface area contributed by atoms with Crippen LogP contribution in [0.15, 0.2) is 17.0 Å². The first kappa shape index (κ1) is 16.4. The third-order valence-electron chi connectivity index (χ3n) is 3.00. The van der Waals surface area contributed by atoms with Crippen molar-refractivity contribution >= 4 is 44.8 Å². The minimum atomic E-state index is -3.97. The Hall–Kier alpha value is -1.02. The minimum Gasteiger partial charge on any atom is -0.399 e. The van der Waals surface area contributed by atoms with E-state index in [2.05, 4.69) is 5.32 Å². The zero-order valence-corrected chi connectivity index (χ0v) is 13.6.